The molecule has 0 aliphatic heterocycles. The van der Waals surface area contributed by atoms with E-state index in [4.69, 9.17) is 0 Å². The minimum absolute atomic E-state index is 0.241. The highest BCUT2D eigenvalue weighted by Crippen LogP contribution is 2.32. The van der Waals surface area contributed by atoms with E-state index in [-0.39, 0.29) is 11.3 Å². The highest BCUT2D eigenvalue weighted by Gasteiger charge is 2.37. The van der Waals surface area contributed by atoms with Gasteiger partial charge >= 0.3 is 0 Å². The topological polar surface area (TPSA) is 33.2 Å². The summed E-state index contributed by atoms with van der Waals surface area (Å²) in [5.74, 6) is 0.241. The Balaban J connectivity index is 2.10. The molecule has 0 unspecified atom stereocenters. The molecule has 1 amide bonds. The van der Waals surface area contributed by atoms with Crippen molar-refractivity contribution >= 4 is 17.2 Å². The van der Waals surface area contributed by atoms with E-state index in [0.29, 0.717) is 12.6 Å². The molecular formula is C13H20N2OS. The van der Waals surface area contributed by atoms with Crippen LogP contribution in [0.5, 0.6) is 0 Å². The third-order valence-electron chi connectivity index (χ3n) is 2.89. The second kappa shape index (κ2) is 4.41. The van der Waals surface area contributed by atoms with Crippen molar-refractivity contribution in [2.24, 2.45) is 5.41 Å². The van der Waals surface area contributed by atoms with Gasteiger partial charge in [-0.1, -0.05) is 20.8 Å². The normalized spacial score (nSPS) is 16.0. The molecule has 4 heteroatoms. The van der Waals surface area contributed by atoms with Crippen molar-refractivity contribution in [2.45, 2.75) is 53.1 Å². The molecule has 0 aromatic carbocycles. The second-order valence-corrected chi connectivity index (χ2v) is 6.83. The molecule has 0 spiro atoms. The predicted octanol–water partition coefficient (Wildman–Crippen LogP) is 2.99. The third-order valence-corrected chi connectivity index (χ3v) is 3.71. The van der Waals surface area contributed by atoms with Crippen LogP contribution >= 0.6 is 11.3 Å². The van der Waals surface area contributed by atoms with Crippen molar-refractivity contribution in [3.8, 4) is 0 Å². The largest absolute Gasteiger partial charge is 0.333 e. The lowest BCUT2D eigenvalue weighted by atomic mass is 9.94. The molecule has 0 atom stereocenters. The lowest BCUT2D eigenvalue weighted by molar-refractivity contribution is -0.140. The van der Waals surface area contributed by atoms with Crippen LogP contribution in [0, 0.1) is 12.3 Å². The molecule has 1 heterocycles. The summed E-state index contributed by atoms with van der Waals surface area (Å²) in [5.41, 5.74) is 0.727. The fraction of sp³-hybridized carbons (Fsp3) is 0.692. The maximum atomic E-state index is 12.4. The van der Waals surface area contributed by atoms with Crippen molar-refractivity contribution in [3.05, 3.63) is 16.1 Å². The van der Waals surface area contributed by atoms with Gasteiger partial charge in [-0.25, -0.2) is 4.98 Å². The van der Waals surface area contributed by atoms with Gasteiger partial charge in [0.05, 0.1) is 17.2 Å². The van der Waals surface area contributed by atoms with Gasteiger partial charge < -0.3 is 4.90 Å². The Labute approximate surface area is 107 Å². The van der Waals surface area contributed by atoms with Crippen LogP contribution in [0.15, 0.2) is 5.38 Å². The number of carbonyl (C=O) groups is 1. The van der Waals surface area contributed by atoms with Crippen molar-refractivity contribution in [1.29, 1.82) is 0 Å². The summed E-state index contributed by atoms with van der Waals surface area (Å²) in [6.07, 6.45) is 2.29. The van der Waals surface area contributed by atoms with Crippen molar-refractivity contribution in [1.82, 2.24) is 9.88 Å². The number of amides is 1. The molecule has 1 aliphatic carbocycles. The van der Waals surface area contributed by atoms with Crippen LogP contribution in [-0.4, -0.2) is 21.8 Å². The van der Waals surface area contributed by atoms with Gasteiger partial charge in [0, 0.05) is 16.8 Å². The molecular weight excluding hydrogens is 232 g/mol. The summed E-state index contributed by atoms with van der Waals surface area (Å²) in [4.78, 5) is 18.8. The van der Waals surface area contributed by atoms with Crippen LogP contribution in [0.1, 0.15) is 44.3 Å². The fourth-order valence-corrected chi connectivity index (χ4v) is 2.44. The lowest BCUT2D eigenvalue weighted by Gasteiger charge is -2.29. The van der Waals surface area contributed by atoms with E-state index in [1.54, 1.807) is 11.3 Å². The van der Waals surface area contributed by atoms with Crippen LogP contribution in [0.25, 0.3) is 0 Å². The summed E-state index contributed by atoms with van der Waals surface area (Å²) in [7, 11) is 0. The molecule has 94 valence electrons. The van der Waals surface area contributed by atoms with Gasteiger partial charge in [-0.2, -0.15) is 0 Å². The number of aryl methyl sites for hydroxylation is 1. The maximum absolute atomic E-state index is 12.4. The van der Waals surface area contributed by atoms with Crippen LogP contribution in [-0.2, 0) is 11.3 Å². The average Bonchev–Trinajstić information content (AvgIpc) is 2.97. The molecule has 1 aromatic rings. The first-order chi connectivity index (χ1) is 7.88. The maximum Gasteiger partial charge on any atom is 0.228 e. The molecule has 0 N–H and O–H groups in total. The van der Waals surface area contributed by atoms with Gasteiger partial charge in [0.25, 0.3) is 0 Å². The quantitative estimate of drug-likeness (QED) is 0.828. The summed E-state index contributed by atoms with van der Waals surface area (Å²) in [6.45, 7) is 8.62. The Hall–Kier alpha value is -0.900. The summed E-state index contributed by atoms with van der Waals surface area (Å²) in [6, 6.07) is 0.448. The number of thiazole rings is 1. The number of hydrogen-bond donors (Lipinski definition) is 0. The first-order valence-electron chi connectivity index (χ1n) is 6.10. The third kappa shape index (κ3) is 3.06. The van der Waals surface area contributed by atoms with Crippen LogP contribution in [0.3, 0.4) is 0 Å². The molecule has 3 nitrogen and oxygen atoms in total. The Morgan fingerprint density at radius 2 is 2.18 bits per heavy atom. The summed E-state index contributed by atoms with van der Waals surface area (Å²) < 4.78 is 0. The monoisotopic (exact) mass is 252 g/mol. The van der Waals surface area contributed by atoms with E-state index in [9.17, 15) is 4.79 Å². The number of hydrogen-bond acceptors (Lipinski definition) is 3. The zero-order chi connectivity index (χ0) is 12.6. The Bertz CT molecular complexity index is 415. The average molecular weight is 252 g/mol. The number of aromatic nitrogens is 1. The molecule has 2 rings (SSSR count). The van der Waals surface area contributed by atoms with Gasteiger partial charge in [-0.3, -0.25) is 4.79 Å². The van der Waals surface area contributed by atoms with Gasteiger partial charge in [0.1, 0.15) is 0 Å². The summed E-state index contributed by atoms with van der Waals surface area (Å²) in [5, 5.41) is 3.12. The SMILES string of the molecule is Cc1nc(CN(C(=O)C(C)(C)C)C2CC2)cs1. The molecule has 1 aliphatic rings. The van der Waals surface area contributed by atoms with Gasteiger partial charge in [-0.15, -0.1) is 11.3 Å². The standard InChI is InChI=1S/C13H20N2OS/c1-9-14-10(8-17-9)7-15(11-5-6-11)12(16)13(2,3)4/h8,11H,5-7H2,1-4H3. The van der Waals surface area contributed by atoms with E-state index >= 15 is 0 Å². The molecule has 1 aromatic heterocycles. The van der Waals surface area contributed by atoms with Crippen molar-refractivity contribution < 1.29 is 4.79 Å². The minimum Gasteiger partial charge on any atom is -0.333 e. The number of rotatable bonds is 3. The smallest absolute Gasteiger partial charge is 0.228 e. The minimum atomic E-state index is -0.298. The van der Waals surface area contributed by atoms with Gasteiger partial charge in [0.15, 0.2) is 0 Å². The molecule has 0 saturated heterocycles. The zero-order valence-corrected chi connectivity index (χ0v) is 11.8. The van der Waals surface area contributed by atoms with E-state index in [2.05, 4.69) is 10.4 Å². The lowest BCUT2D eigenvalue weighted by Crippen LogP contribution is -2.40. The highest BCUT2D eigenvalue weighted by molar-refractivity contribution is 7.09. The summed E-state index contributed by atoms with van der Waals surface area (Å²) >= 11 is 1.65. The molecule has 0 radical (unpaired) electrons. The van der Waals surface area contributed by atoms with Crippen molar-refractivity contribution in [2.75, 3.05) is 0 Å². The molecule has 1 saturated carbocycles. The van der Waals surface area contributed by atoms with E-state index in [1.165, 1.54) is 0 Å². The van der Waals surface area contributed by atoms with Crippen LogP contribution < -0.4 is 0 Å². The number of carbonyl (C=O) groups excluding carboxylic acids is 1. The zero-order valence-electron chi connectivity index (χ0n) is 11.0. The van der Waals surface area contributed by atoms with E-state index in [0.717, 1.165) is 23.5 Å². The first kappa shape index (κ1) is 12.6. The van der Waals surface area contributed by atoms with E-state index in [1.807, 2.05) is 32.6 Å². The van der Waals surface area contributed by atoms with Crippen LogP contribution in [0.2, 0.25) is 0 Å². The Morgan fingerprint density at radius 1 is 1.53 bits per heavy atom. The Morgan fingerprint density at radius 3 is 2.59 bits per heavy atom. The number of nitrogens with zero attached hydrogens (tertiary/aromatic N) is 2. The van der Waals surface area contributed by atoms with Crippen molar-refractivity contribution in [3.63, 3.8) is 0 Å². The Kier molecular flexibility index (Phi) is 3.25. The van der Waals surface area contributed by atoms with Crippen LogP contribution in [0.4, 0.5) is 0 Å². The van der Waals surface area contributed by atoms with Gasteiger partial charge in [0.2, 0.25) is 5.91 Å². The molecule has 0 bridgehead atoms. The van der Waals surface area contributed by atoms with Gasteiger partial charge in [-0.05, 0) is 19.8 Å². The van der Waals surface area contributed by atoms with E-state index < -0.39 is 0 Å². The predicted molar refractivity (Wildman–Crippen MR) is 69.9 cm³/mol. The molecule has 17 heavy (non-hydrogen) atoms. The second-order valence-electron chi connectivity index (χ2n) is 5.77. The highest BCUT2D eigenvalue weighted by atomic mass is 32.1. The first-order valence-corrected chi connectivity index (χ1v) is 6.98. The fourth-order valence-electron chi connectivity index (χ4n) is 1.84. The molecule has 1 fully saturated rings.